The number of aromatic nitrogens is 2. The molecule has 1 aromatic carbocycles. The van der Waals surface area contributed by atoms with Gasteiger partial charge in [0.15, 0.2) is 17.3 Å². The number of carbonyl (C=O) groups excluding carboxylic acids is 1. The Balaban J connectivity index is 1.32. The zero-order valence-electron chi connectivity index (χ0n) is 17.7. The topological polar surface area (TPSA) is 73.3 Å². The van der Waals surface area contributed by atoms with Gasteiger partial charge in [-0.1, -0.05) is 6.07 Å². The molecule has 6 nitrogen and oxygen atoms in total. The maximum Gasteiger partial charge on any atom is 0.232 e. The minimum atomic E-state index is -0.169. The van der Waals surface area contributed by atoms with Crippen LogP contribution in [0.15, 0.2) is 30.5 Å². The summed E-state index contributed by atoms with van der Waals surface area (Å²) in [6, 6.07) is 7.86. The van der Waals surface area contributed by atoms with Gasteiger partial charge in [0.2, 0.25) is 5.91 Å². The van der Waals surface area contributed by atoms with E-state index in [1.807, 2.05) is 24.4 Å². The lowest BCUT2D eigenvalue weighted by molar-refractivity contribution is -0.127. The van der Waals surface area contributed by atoms with Crippen molar-refractivity contribution in [2.24, 2.45) is 23.2 Å². The average Bonchev–Trinajstić information content (AvgIpc) is 3.39. The lowest BCUT2D eigenvalue weighted by atomic mass is 9.75. The van der Waals surface area contributed by atoms with Crippen LogP contribution in [0, 0.1) is 23.2 Å². The molecule has 2 unspecified atom stereocenters. The van der Waals surface area contributed by atoms with E-state index in [0.717, 1.165) is 46.0 Å². The predicted octanol–water partition coefficient (Wildman–Crippen LogP) is 5.14. The molecule has 1 N–H and O–H groups in total. The van der Waals surface area contributed by atoms with Crippen LogP contribution in [-0.2, 0) is 4.79 Å². The molecule has 160 valence electrons. The van der Waals surface area contributed by atoms with Crippen LogP contribution in [-0.4, -0.2) is 29.5 Å². The van der Waals surface area contributed by atoms with Crippen LogP contribution >= 0.6 is 11.5 Å². The number of fused-ring (bicyclic) bond motifs is 1. The molecule has 1 amide bonds. The van der Waals surface area contributed by atoms with Crippen molar-refractivity contribution in [3.8, 4) is 22.6 Å². The van der Waals surface area contributed by atoms with Gasteiger partial charge in [0, 0.05) is 11.8 Å². The summed E-state index contributed by atoms with van der Waals surface area (Å²) < 4.78 is 15.3. The first kappa shape index (κ1) is 19.0. The number of nitrogens with zero attached hydrogens (tertiary/aromatic N) is 2. The molecule has 0 radical (unpaired) electrons. The van der Waals surface area contributed by atoms with Crippen LogP contribution in [0.2, 0.25) is 0 Å². The standard InChI is InChI=1S/C24H25N3O3S/c1-29-19-4-3-15(9-20(19)30-2)16-8-18-21(27-31-22(18)25-12-16)26-23(28)24-10-13-5-14(11-24)7-17(24)6-13/h3-4,8-9,12-14,17H,5-7,10-11H2,1-2H3,(H,26,27,28). The number of hydrogen-bond donors (Lipinski definition) is 1. The summed E-state index contributed by atoms with van der Waals surface area (Å²) in [4.78, 5) is 18.9. The highest BCUT2D eigenvalue weighted by Crippen LogP contribution is 2.65. The second-order valence-electron chi connectivity index (χ2n) is 9.33. The molecule has 0 aliphatic heterocycles. The molecule has 2 atom stereocenters. The fourth-order valence-electron chi connectivity index (χ4n) is 6.50. The lowest BCUT2D eigenvalue weighted by Gasteiger charge is -2.31. The summed E-state index contributed by atoms with van der Waals surface area (Å²) in [5.41, 5.74) is 1.75. The third kappa shape index (κ3) is 2.86. The summed E-state index contributed by atoms with van der Waals surface area (Å²) in [7, 11) is 3.25. The number of nitrogens with one attached hydrogen (secondary N) is 1. The highest BCUT2D eigenvalue weighted by molar-refractivity contribution is 7.13. The molecular weight excluding hydrogens is 410 g/mol. The van der Waals surface area contributed by atoms with Crippen LogP contribution < -0.4 is 14.8 Å². The van der Waals surface area contributed by atoms with Crippen molar-refractivity contribution in [3.63, 3.8) is 0 Å². The summed E-state index contributed by atoms with van der Waals surface area (Å²) >= 11 is 1.33. The number of anilines is 1. The number of amides is 1. The van der Waals surface area contributed by atoms with Gasteiger partial charge < -0.3 is 14.8 Å². The summed E-state index contributed by atoms with van der Waals surface area (Å²) in [6.07, 6.45) is 7.72. The number of ether oxygens (including phenoxy) is 2. The molecule has 7 rings (SSSR count). The molecule has 3 aromatic rings. The minimum Gasteiger partial charge on any atom is -0.493 e. The Morgan fingerprint density at radius 3 is 2.58 bits per heavy atom. The van der Waals surface area contributed by atoms with Gasteiger partial charge in [-0.05, 0) is 85.2 Å². The van der Waals surface area contributed by atoms with E-state index in [4.69, 9.17) is 9.47 Å². The molecule has 31 heavy (non-hydrogen) atoms. The van der Waals surface area contributed by atoms with Gasteiger partial charge in [0.1, 0.15) is 4.83 Å². The molecule has 4 bridgehead atoms. The van der Waals surface area contributed by atoms with E-state index in [9.17, 15) is 4.79 Å². The quantitative estimate of drug-likeness (QED) is 0.601. The fourth-order valence-corrected chi connectivity index (χ4v) is 7.17. The van der Waals surface area contributed by atoms with E-state index in [-0.39, 0.29) is 11.3 Å². The molecule has 0 spiro atoms. The predicted molar refractivity (Wildman–Crippen MR) is 121 cm³/mol. The second kappa shape index (κ2) is 6.92. The van der Waals surface area contributed by atoms with Crippen molar-refractivity contribution in [1.82, 2.24) is 9.36 Å². The van der Waals surface area contributed by atoms with E-state index in [0.29, 0.717) is 23.2 Å². The molecule has 2 heterocycles. The van der Waals surface area contributed by atoms with Crippen LogP contribution in [0.4, 0.5) is 5.82 Å². The third-order valence-electron chi connectivity index (χ3n) is 7.72. The van der Waals surface area contributed by atoms with E-state index in [2.05, 4.69) is 20.7 Å². The summed E-state index contributed by atoms with van der Waals surface area (Å²) in [6.45, 7) is 0. The van der Waals surface area contributed by atoms with Crippen LogP contribution in [0.25, 0.3) is 21.3 Å². The molecule has 2 aromatic heterocycles. The lowest BCUT2D eigenvalue weighted by Crippen LogP contribution is -2.37. The van der Waals surface area contributed by atoms with Crippen molar-refractivity contribution in [1.29, 1.82) is 0 Å². The van der Waals surface area contributed by atoms with Gasteiger partial charge in [-0.3, -0.25) is 4.79 Å². The van der Waals surface area contributed by atoms with Crippen LogP contribution in [0.1, 0.15) is 32.1 Å². The number of carbonyl (C=O) groups is 1. The number of methoxy groups -OCH3 is 2. The minimum absolute atomic E-state index is 0.169. The van der Waals surface area contributed by atoms with Gasteiger partial charge in [0.05, 0.1) is 25.0 Å². The van der Waals surface area contributed by atoms with Gasteiger partial charge in [-0.25, -0.2) is 4.98 Å². The molecule has 4 fully saturated rings. The largest absolute Gasteiger partial charge is 0.493 e. The zero-order chi connectivity index (χ0) is 21.2. The van der Waals surface area contributed by atoms with Crippen LogP contribution in [0.3, 0.4) is 0 Å². The van der Waals surface area contributed by atoms with Gasteiger partial charge >= 0.3 is 0 Å². The van der Waals surface area contributed by atoms with E-state index < -0.39 is 0 Å². The zero-order valence-corrected chi connectivity index (χ0v) is 18.5. The van der Waals surface area contributed by atoms with Gasteiger partial charge in [-0.2, -0.15) is 4.37 Å². The maximum absolute atomic E-state index is 13.4. The smallest absolute Gasteiger partial charge is 0.232 e. The van der Waals surface area contributed by atoms with E-state index >= 15 is 0 Å². The van der Waals surface area contributed by atoms with Crippen molar-refractivity contribution in [2.75, 3.05) is 19.5 Å². The number of benzene rings is 1. The highest BCUT2D eigenvalue weighted by atomic mass is 32.1. The van der Waals surface area contributed by atoms with Gasteiger partial charge in [-0.15, -0.1) is 0 Å². The molecule has 7 heteroatoms. The second-order valence-corrected chi connectivity index (χ2v) is 10.1. The number of rotatable bonds is 5. The highest BCUT2D eigenvalue weighted by Gasteiger charge is 2.61. The maximum atomic E-state index is 13.4. The Morgan fingerprint density at radius 2 is 1.84 bits per heavy atom. The normalized spacial score (nSPS) is 28.3. The molecule has 0 saturated heterocycles. The monoisotopic (exact) mass is 435 g/mol. The molecular formula is C24H25N3O3S. The van der Waals surface area contributed by atoms with Crippen molar-refractivity contribution in [3.05, 3.63) is 30.5 Å². The SMILES string of the molecule is COc1ccc(-c2cnc3snc(NC(=O)C45CC6CC(CC4C6)C5)c3c2)cc1OC. The van der Waals surface area contributed by atoms with E-state index in [1.54, 1.807) is 14.2 Å². The molecule has 4 saturated carbocycles. The van der Waals surface area contributed by atoms with Crippen LogP contribution in [0.5, 0.6) is 11.5 Å². The van der Waals surface area contributed by atoms with Crippen molar-refractivity contribution in [2.45, 2.75) is 32.1 Å². The number of hydrogen-bond acceptors (Lipinski definition) is 6. The number of pyridine rings is 1. The Morgan fingerprint density at radius 1 is 1.06 bits per heavy atom. The van der Waals surface area contributed by atoms with Crippen molar-refractivity contribution < 1.29 is 14.3 Å². The Kier molecular flexibility index (Phi) is 4.25. The summed E-state index contributed by atoms with van der Waals surface area (Å²) in [5.74, 6) is 4.21. The first-order chi connectivity index (χ1) is 15.1. The van der Waals surface area contributed by atoms with E-state index in [1.165, 1.54) is 30.8 Å². The Bertz CT molecular complexity index is 1180. The molecule has 4 aliphatic rings. The third-order valence-corrected chi connectivity index (χ3v) is 8.49. The Hall–Kier alpha value is -2.67. The summed E-state index contributed by atoms with van der Waals surface area (Å²) in [5, 5.41) is 4.09. The molecule has 4 aliphatic carbocycles. The Labute approximate surface area is 185 Å². The first-order valence-corrected chi connectivity index (χ1v) is 11.7. The van der Waals surface area contributed by atoms with Crippen molar-refractivity contribution >= 4 is 33.5 Å². The first-order valence-electron chi connectivity index (χ1n) is 10.9. The fraction of sp³-hybridized carbons (Fsp3) is 0.458. The van der Waals surface area contributed by atoms with Gasteiger partial charge in [0.25, 0.3) is 0 Å². The average molecular weight is 436 g/mol.